The summed E-state index contributed by atoms with van der Waals surface area (Å²) >= 11 is 0. The molecule has 1 unspecified atom stereocenters. The Bertz CT molecular complexity index is 840. The van der Waals surface area contributed by atoms with Crippen molar-refractivity contribution in [1.82, 2.24) is 4.90 Å². The fourth-order valence-corrected chi connectivity index (χ4v) is 3.44. The van der Waals surface area contributed by atoms with Gasteiger partial charge in [0.1, 0.15) is 12.4 Å². The molecule has 0 fully saturated rings. The van der Waals surface area contributed by atoms with Crippen molar-refractivity contribution in [2.75, 3.05) is 32.9 Å². The molecule has 34 heavy (non-hydrogen) atoms. The van der Waals surface area contributed by atoms with Crippen molar-refractivity contribution < 1.29 is 28.9 Å². The lowest BCUT2D eigenvalue weighted by Gasteiger charge is -2.22. The SMILES string of the molecule is CCCCOC(=O)N(CCCc1ccccc1)CCOc1ccc(CC(OCC)C(=O)O)cc1. The Labute approximate surface area is 202 Å². The van der Waals surface area contributed by atoms with Crippen LogP contribution in [0.15, 0.2) is 54.6 Å². The maximum atomic E-state index is 12.5. The van der Waals surface area contributed by atoms with E-state index >= 15 is 0 Å². The zero-order valence-electron chi connectivity index (χ0n) is 20.3. The molecule has 1 amide bonds. The third kappa shape index (κ3) is 10.3. The molecule has 0 bridgehead atoms. The van der Waals surface area contributed by atoms with Gasteiger partial charge in [-0.25, -0.2) is 9.59 Å². The number of carbonyl (C=O) groups is 2. The van der Waals surface area contributed by atoms with E-state index in [0.29, 0.717) is 45.1 Å². The predicted molar refractivity (Wildman–Crippen MR) is 131 cm³/mol. The molecular formula is C27H37NO6. The lowest BCUT2D eigenvalue weighted by molar-refractivity contribution is -0.149. The monoisotopic (exact) mass is 471 g/mol. The molecule has 7 heteroatoms. The quantitative estimate of drug-likeness (QED) is 0.348. The average molecular weight is 472 g/mol. The topological polar surface area (TPSA) is 85.3 Å². The number of carboxylic acids is 1. The number of hydrogen-bond acceptors (Lipinski definition) is 5. The first kappa shape index (κ1) is 27.2. The largest absolute Gasteiger partial charge is 0.492 e. The summed E-state index contributed by atoms with van der Waals surface area (Å²) in [6.07, 6.45) is 2.67. The number of benzene rings is 2. The number of carbonyl (C=O) groups excluding carboxylic acids is 1. The van der Waals surface area contributed by atoms with E-state index in [4.69, 9.17) is 14.2 Å². The number of hydrogen-bond donors (Lipinski definition) is 1. The molecule has 0 aliphatic heterocycles. The van der Waals surface area contributed by atoms with Crippen LogP contribution in [-0.4, -0.2) is 61.1 Å². The Balaban J connectivity index is 1.85. The Hall–Kier alpha value is -3.06. The highest BCUT2D eigenvalue weighted by Crippen LogP contribution is 2.15. The molecule has 0 radical (unpaired) electrons. The summed E-state index contributed by atoms with van der Waals surface area (Å²) in [5.41, 5.74) is 2.10. The molecule has 7 nitrogen and oxygen atoms in total. The second-order valence-corrected chi connectivity index (χ2v) is 8.02. The fraction of sp³-hybridized carbons (Fsp3) is 0.481. The molecule has 2 aromatic carbocycles. The molecule has 186 valence electrons. The van der Waals surface area contributed by atoms with Crippen molar-refractivity contribution in [3.05, 3.63) is 65.7 Å². The van der Waals surface area contributed by atoms with Crippen LogP contribution in [0.5, 0.6) is 5.75 Å². The van der Waals surface area contributed by atoms with Gasteiger partial charge < -0.3 is 24.2 Å². The number of rotatable bonds is 16. The number of ether oxygens (including phenoxy) is 3. The molecule has 0 saturated heterocycles. The van der Waals surface area contributed by atoms with Crippen LogP contribution < -0.4 is 4.74 Å². The molecule has 0 saturated carbocycles. The molecule has 1 atom stereocenters. The smallest absolute Gasteiger partial charge is 0.409 e. The normalized spacial score (nSPS) is 11.6. The first-order chi connectivity index (χ1) is 16.5. The third-order valence-corrected chi connectivity index (χ3v) is 5.34. The van der Waals surface area contributed by atoms with Crippen molar-refractivity contribution in [1.29, 1.82) is 0 Å². The number of aryl methyl sites for hydroxylation is 1. The average Bonchev–Trinajstić information content (AvgIpc) is 2.84. The van der Waals surface area contributed by atoms with Crippen LogP contribution in [0.1, 0.15) is 44.2 Å². The maximum absolute atomic E-state index is 12.5. The van der Waals surface area contributed by atoms with Crippen LogP contribution >= 0.6 is 0 Å². The van der Waals surface area contributed by atoms with E-state index in [9.17, 15) is 14.7 Å². The van der Waals surface area contributed by atoms with Crippen LogP contribution in [0.3, 0.4) is 0 Å². The van der Waals surface area contributed by atoms with E-state index in [0.717, 1.165) is 31.2 Å². The standard InChI is InChI=1S/C27H37NO6/c1-3-5-19-34-27(31)28(17-9-12-22-10-7-6-8-11-22)18-20-33-24-15-13-23(14-16-24)21-25(26(29)30)32-4-2/h6-8,10-11,13-16,25H,3-5,9,12,17-21H2,1-2H3,(H,29,30). The van der Waals surface area contributed by atoms with Crippen molar-refractivity contribution in [2.45, 2.75) is 52.1 Å². The highest BCUT2D eigenvalue weighted by Gasteiger charge is 2.18. The minimum Gasteiger partial charge on any atom is -0.492 e. The van der Waals surface area contributed by atoms with Gasteiger partial charge in [0.15, 0.2) is 6.10 Å². The number of unbranched alkanes of at least 4 members (excludes halogenated alkanes) is 1. The van der Waals surface area contributed by atoms with E-state index in [1.54, 1.807) is 24.0 Å². The van der Waals surface area contributed by atoms with Gasteiger partial charge in [0.2, 0.25) is 0 Å². The van der Waals surface area contributed by atoms with E-state index in [-0.39, 0.29) is 6.09 Å². The van der Waals surface area contributed by atoms with Crippen molar-refractivity contribution in [2.24, 2.45) is 0 Å². The van der Waals surface area contributed by atoms with E-state index in [1.165, 1.54) is 5.56 Å². The highest BCUT2D eigenvalue weighted by atomic mass is 16.6. The van der Waals surface area contributed by atoms with Gasteiger partial charge in [-0.3, -0.25) is 0 Å². The van der Waals surface area contributed by atoms with Gasteiger partial charge in [-0.1, -0.05) is 55.8 Å². The zero-order valence-corrected chi connectivity index (χ0v) is 20.3. The van der Waals surface area contributed by atoms with Crippen molar-refractivity contribution >= 4 is 12.1 Å². The molecular weight excluding hydrogens is 434 g/mol. The number of amides is 1. The number of carboxylic acid groups (broad SMARTS) is 1. The van der Waals surface area contributed by atoms with Crippen LogP contribution in [-0.2, 0) is 27.1 Å². The molecule has 0 spiro atoms. The molecule has 0 aliphatic carbocycles. The Kier molecular flexibility index (Phi) is 12.6. The minimum absolute atomic E-state index is 0.294. The van der Waals surface area contributed by atoms with Gasteiger partial charge in [0.25, 0.3) is 0 Å². The van der Waals surface area contributed by atoms with Crippen molar-refractivity contribution in [3.63, 3.8) is 0 Å². The Morgan fingerprint density at radius 1 is 0.912 bits per heavy atom. The molecule has 1 N–H and O–H groups in total. The highest BCUT2D eigenvalue weighted by molar-refractivity contribution is 5.72. The van der Waals surface area contributed by atoms with Gasteiger partial charge >= 0.3 is 12.1 Å². The molecule has 0 aliphatic rings. The molecule has 2 aromatic rings. The third-order valence-electron chi connectivity index (χ3n) is 5.34. The van der Waals surface area contributed by atoms with Crippen LogP contribution in [0.4, 0.5) is 4.79 Å². The van der Waals surface area contributed by atoms with Gasteiger partial charge in [-0.15, -0.1) is 0 Å². The molecule has 0 aromatic heterocycles. The zero-order chi connectivity index (χ0) is 24.6. The summed E-state index contributed by atoms with van der Waals surface area (Å²) in [7, 11) is 0. The van der Waals surface area contributed by atoms with Crippen LogP contribution in [0.2, 0.25) is 0 Å². The summed E-state index contributed by atoms with van der Waals surface area (Å²) in [6, 6.07) is 17.5. The van der Waals surface area contributed by atoms with E-state index in [1.807, 2.05) is 30.3 Å². The lowest BCUT2D eigenvalue weighted by Crippen LogP contribution is -2.36. The Morgan fingerprint density at radius 2 is 1.65 bits per heavy atom. The van der Waals surface area contributed by atoms with Gasteiger partial charge in [0, 0.05) is 19.6 Å². The number of nitrogens with zero attached hydrogens (tertiary/aromatic N) is 1. The van der Waals surface area contributed by atoms with E-state index in [2.05, 4.69) is 19.1 Å². The summed E-state index contributed by atoms with van der Waals surface area (Å²) in [4.78, 5) is 25.5. The molecule has 0 heterocycles. The second kappa shape index (κ2) is 15.7. The van der Waals surface area contributed by atoms with E-state index < -0.39 is 12.1 Å². The van der Waals surface area contributed by atoms with Gasteiger partial charge in [0.05, 0.1) is 13.2 Å². The maximum Gasteiger partial charge on any atom is 0.409 e. The predicted octanol–water partition coefficient (Wildman–Crippen LogP) is 4.97. The minimum atomic E-state index is -0.972. The van der Waals surface area contributed by atoms with Crippen LogP contribution in [0, 0.1) is 0 Å². The fourth-order valence-electron chi connectivity index (χ4n) is 3.44. The van der Waals surface area contributed by atoms with Crippen molar-refractivity contribution in [3.8, 4) is 5.75 Å². The molecule has 2 rings (SSSR count). The van der Waals surface area contributed by atoms with Gasteiger partial charge in [-0.05, 0) is 49.4 Å². The lowest BCUT2D eigenvalue weighted by atomic mass is 10.1. The second-order valence-electron chi connectivity index (χ2n) is 8.02. The van der Waals surface area contributed by atoms with Gasteiger partial charge in [-0.2, -0.15) is 0 Å². The first-order valence-electron chi connectivity index (χ1n) is 12.0. The summed E-state index contributed by atoms with van der Waals surface area (Å²) in [5.74, 6) is -0.309. The summed E-state index contributed by atoms with van der Waals surface area (Å²) in [6.45, 7) is 5.96. The summed E-state index contributed by atoms with van der Waals surface area (Å²) < 4.78 is 16.5. The first-order valence-corrected chi connectivity index (χ1v) is 12.0. The number of aliphatic carboxylic acids is 1. The van der Waals surface area contributed by atoms with Crippen LogP contribution in [0.25, 0.3) is 0 Å². The Morgan fingerprint density at radius 3 is 2.29 bits per heavy atom. The summed E-state index contributed by atoms with van der Waals surface area (Å²) in [5, 5.41) is 9.24.